The van der Waals surface area contributed by atoms with Crippen LogP contribution in [0, 0.1) is 5.92 Å². The molecule has 0 amide bonds. The van der Waals surface area contributed by atoms with Gasteiger partial charge in [-0.05, 0) is 30.2 Å². The van der Waals surface area contributed by atoms with Crippen LogP contribution in [0.2, 0.25) is 0 Å². The molecule has 18 heavy (non-hydrogen) atoms. The third kappa shape index (κ3) is 2.03. The van der Waals surface area contributed by atoms with Gasteiger partial charge in [-0.2, -0.15) is 4.98 Å². The summed E-state index contributed by atoms with van der Waals surface area (Å²) >= 11 is 1.68. The van der Waals surface area contributed by atoms with E-state index in [4.69, 9.17) is 0 Å². The summed E-state index contributed by atoms with van der Waals surface area (Å²) in [5.41, 5.74) is 0. The van der Waals surface area contributed by atoms with Crippen molar-refractivity contribution in [1.29, 1.82) is 0 Å². The van der Waals surface area contributed by atoms with Gasteiger partial charge in [0.2, 0.25) is 5.95 Å². The van der Waals surface area contributed by atoms with E-state index in [-0.39, 0.29) is 0 Å². The fourth-order valence-corrected chi connectivity index (χ4v) is 3.33. The first-order valence-corrected chi connectivity index (χ1v) is 7.34. The summed E-state index contributed by atoms with van der Waals surface area (Å²) in [6.07, 6.45) is 2.58. The van der Waals surface area contributed by atoms with Crippen molar-refractivity contribution in [2.75, 3.05) is 30.4 Å². The van der Waals surface area contributed by atoms with Crippen LogP contribution in [-0.2, 0) is 0 Å². The first-order valence-electron chi connectivity index (χ1n) is 6.46. The van der Waals surface area contributed by atoms with Crippen LogP contribution < -0.4 is 10.2 Å². The monoisotopic (exact) mass is 262 g/mol. The Balaban J connectivity index is 2.05. The molecule has 5 heteroatoms. The summed E-state index contributed by atoms with van der Waals surface area (Å²) in [5, 5.41) is 6.34. The van der Waals surface area contributed by atoms with Crippen molar-refractivity contribution in [3.63, 3.8) is 0 Å². The fraction of sp³-hybridized carbons (Fsp3) is 0.538. The number of thiophene rings is 1. The number of hydrogen-bond acceptors (Lipinski definition) is 5. The first kappa shape index (κ1) is 11.7. The van der Waals surface area contributed by atoms with E-state index in [0.29, 0.717) is 0 Å². The van der Waals surface area contributed by atoms with Crippen molar-refractivity contribution in [2.24, 2.45) is 5.92 Å². The van der Waals surface area contributed by atoms with Gasteiger partial charge in [-0.3, -0.25) is 0 Å². The van der Waals surface area contributed by atoms with Crippen LogP contribution in [0.1, 0.15) is 19.8 Å². The quantitative estimate of drug-likeness (QED) is 0.903. The minimum atomic E-state index is 0.721. The van der Waals surface area contributed by atoms with Gasteiger partial charge in [-0.1, -0.05) is 6.92 Å². The number of fused-ring (bicyclic) bond motifs is 1. The minimum absolute atomic E-state index is 0.721. The van der Waals surface area contributed by atoms with Gasteiger partial charge >= 0.3 is 0 Å². The number of nitrogens with zero attached hydrogens (tertiary/aromatic N) is 3. The van der Waals surface area contributed by atoms with Crippen molar-refractivity contribution in [1.82, 2.24) is 9.97 Å². The molecular weight excluding hydrogens is 244 g/mol. The number of aromatic nitrogens is 2. The number of hydrogen-bond donors (Lipinski definition) is 1. The summed E-state index contributed by atoms with van der Waals surface area (Å²) < 4.78 is 0. The molecule has 1 fully saturated rings. The average molecular weight is 262 g/mol. The van der Waals surface area contributed by atoms with Crippen LogP contribution in [0.4, 0.5) is 11.8 Å². The van der Waals surface area contributed by atoms with Gasteiger partial charge in [-0.25, -0.2) is 4.98 Å². The van der Waals surface area contributed by atoms with Gasteiger partial charge in [0.15, 0.2) is 0 Å². The Morgan fingerprint density at radius 2 is 2.33 bits per heavy atom. The molecule has 4 nitrogen and oxygen atoms in total. The smallest absolute Gasteiger partial charge is 0.225 e. The van der Waals surface area contributed by atoms with Crippen LogP contribution in [0.5, 0.6) is 0 Å². The number of rotatable bonds is 2. The predicted molar refractivity (Wildman–Crippen MR) is 77.6 cm³/mol. The maximum absolute atomic E-state index is 4.66. The zero-order chi connectivity index (χ0) is 12.5. The highest BCUT2D eigenvalue weighted by Gasteiger charge is 2.20. The second kappa shape index (κ2) is 4.72. The molecule has 3 rings (SSSR count). The van der Waals surface area contributed by atoms with E-state index in [1.54, 1.807) is 11.3 Å². The van der Waals surface area contributed by atoms with Crippen molar-refractivity contribution in [2.45, 2.75) is 19.8 Å². The molecule has 0 bridgehead atoms. The van der Waals surface area contributed by atoms with Crippen LogP contribution >= 0.6 is 11.3 Å². The molecule has 0 radical (unpaired) electrons. The summed E-state index contributed by atoms with van der Waals surface area (Å²) in [7, 11) is 1.87. The van der Waals surface area contributed by atoms with Crippen LogP contribution in [0.15, 0.2) is 11.4 Å². The number of nitrogens with one attached hydrogen (secondary N) is 1. The molecule has 0 aromatic carbocycles. The molecular formula is C13H18N4S. The Labute approximate surface area is 111 Å². The van der Waals surface area contributed by atoms with E-state index in [9.17, 15) is 0 Å². The van der Waals surface area contributed by atoms with Gasteiger partial charge < -0.3 is 10.2 Å². The Hall–Kier alpha value is -1.36. The lowest BCUT2D eigenvalue weighted by Crippen LogP contribution is -2.35. The number of piperidine rings is 1. The predicted octanol–water partition coefficient (Wildman–Crippen LogP) is 2.97. The van der Waals surface area contributed by atoms with E-state index in [1.807, 2.05) is 7.05 Å². The Kier molecular flexibility index (Phi) is 3.07. The van der Waals surface area contributed by atoms with Crippen LogP contribution in [0.3, 0.4) is 0 Å². The highest BCUT2D eigenvalue weighted by Crippen LogP contribution is 2.31. The van der Waals surface area contributed by atoms with Gasteiger partial charge in [0.05, 0.1) is 5.39 Å². The normalized spacial score (nSPS) is 20.3. The van der Waals surface area contributed by atoms with E-state index in [0.717, 1.165) is 35.6 Å². The fourth-order valence-electron chi connectivity index (χ4n) is 2.57. The lowest BCUT2D eigenvalue weighted by atomic mass is 10.0. The van der Waals surface area contributed by atoms with Crippen LogP contribution in [-0.4, -0.2) is 30.1 Å². The van der Waals surface area contributed by atoms with Crippen LogP contribution in [0.25, 0.3) is 10.2 Å². The molecule has 1 aliphatic rings. The molecule has 1 unspecified atom stereocenters. The number of anilines is 2. The second-order valence-corrected chi connectivity index (χ2v) is 5.85. The van der Waals surface area contributed by atoms with Crippen molar-refractivity contribution in [3.05, 3.63) is 11.4 Å². The molecule has 0 saturated carbocycles. The molecule has 1 atom stereocenters. The van der Waals surface area contributed by atoms with E-state index < -0.39 is 0 Å². The molecule has 3 heterocycles. The van der Waals surface area contributed by atoms with Crippen molar-refractivity contribution >= 4 is 33.3 Å². The minimum Gasteiger partial charge on any atom is -0.357 e. The third-order valence-electron chi connectivity index (χ3n) is 3.49. The first-order chi connectivity index (χ1) is 8.78. The maximum atomic E-state index is 4.66. The molecule has 2 aromatic heterocycles. The topological polar surface area (TPSA) is 41.1 Å². The van der Waals surface area contributed by atoms with Gasteiger partial charge in [0.1, 0.15) is 10.6 Å². The lowest BCUT2D eigenvalue weighted by molar-refractivity contribution is 0.445. The lowest BCUT2D eigenvalue weighted by Gasteiger charge is -2.32. The average Bonchev–Trinajstić information content (AvgIpc) is 2.85. The molecule has 0 aliphatic carbocycles. The zero-order valence-corrected chi connectivity index (χ0v) is 11.6. The molecule has 96 valence electrons. The van der Waals surface area contributed by atoms with Gasteiger partial charge in [0.25, 0.3) is 0 Å². The highest BCUT2D eigenvalue weighted by atomic mass is 32.1. The van der Waals surface area contributed by atoms with E-state index in [1.165, 1.54) is 18.2 Å². The SMILES string of the molecule is CNc1nc(N2CCCC(C)C2)c2ccsc2n1. The summed E-state index contributed by atoms with van der Waals surface area (Å²) in [5.74, 6) is 2.57. The van der Waals surface area contributed by atoms with Crippen molar-refractivity contribution < 1.29 is 0 Å². The van der Waals surface area contributed by atoms with Crippen molar-refractivity contribution in [3.8, 4) is 0 Å². The van der Waals surface area contributed by atoms with E-state index in [2.05, 4.69) is 38.6 Å². The Bertz CT molecular complexity index is 551. The largest absolute Gasteiger partial charge is 0.357 e. The molecule has 1 N–H and O–H groups in total. The molecule has 0 spiro atoms. The molecule has 2 aromatic rings. The summed E-state index contributed by atoms with van der Waals surface area (Å²) in [4.78, 5) is 12.6. The highest BCUT2D eigenvalue weighted by molar-refractivity contribution is 7.16. The zero-order valence-electron chi connectivity index (χ0n) is 10.8. The van der Waals surface area contributed by atoms with E-state index >= 15 is 0 Å². The van der Waals surface area contributed by atoms with Gasteiger partial charge in [-0.15, -0.1) is 11.3 Å². The molecule has 1 aliphatic heterocycles. The maximum Gasteiger partial charge on any atom is 0.225 e. The summed E-state index contributed by atoms with van der Waals surface area (Å²) in [6.45, 7) is 4.53. The summed E-state index contributed by atoms with van der Waals surface area (Å²) in [6, 6.07) is 2.13. The third-order valence-corrected chi connectivity index (χ3v) is 4.29. The van der Waals surface area contributed by atoms with Gasteiger partial charge in [0, 0.05) is 20.1 Å². The Morgan fingerprint density at radius 3 is 3.11 bits per heavy atom. The Morgan fingerprint density at radius 1 is 1.44 bits per heavy atom. The molecule has 1 saturated heterocycles. The standard InChI is InChI=1S/C13H18N4S/c1-9-4-3-6-17(8-9)11-10-5-7-18-12(10)16-13(14-2)15-11/h5,7,9H,3-4,6,8H2,1-2H3,(H,14,15,16). The second-order valence-electron chi connectivity index (χ2n) is 4.95.